The van der Waals surface area contributed by atoms with Crippen LogP contribution in [0.25, 0.3) is 0 Å². The molecule has 1 aliphatic carbocycles. The predicted octanol–water partition coefficient (Wildman–Crippen LogP) is 0.477. The summed E-state index contributed by atoms with van der Waals surface area (Å²) in [5, 5.41) is 6.89. The number of amides is 1. The van der Waals surface area contributed by atoms with E-state index in [1.165, 1.54) is 0 Å². The van der Waals surface area contributed by atoms with Gasteiger partial charge in [0.1, 0.15) is 0 Å². The second-order valence-corrected chi connectivity index (χ2v) is 4.31. The third kappa shape index (κ3) is 2.37. The number of hydrogen-bond donors (Lipinski definition) is 1. The second kappa shape index (κ2) is 5.20. The number of ether oxygens (including phenoxy) is 1. The van der Waals surface area contributed by atoms with Crippen molar-refractivity contribution in [3.63, 3.8) is 0 Å². The standard InChI is InChI=1S/C12H17N3O3/c1-3-18-12(17)11(16)14-9-5-4-6-10-8(9)7-13-15(10)2/h7,9H,3-6H2,1-2H3,(H,14,16). The molecule has 6 heteroatoms. The molecule has 18 heavy (non-hydrogen) atoms. The molecular formula is C12H17N3O3. The van der Waals surface area contributed by atoms with E-state index in [4.69, 9.17) is 0 Å². The van der Waals surface area contributed by atoms with Gasteiger partial charge in [-0.25, -0.2) is 4.79 Å². The fourth-order valence-corrected chi connectivity index (χ4v) is 2.27. The highest BCUT2D eigenvalue weighted by Crippen LogP contribution is 2.28. The third-order valence-corrected chi connectivity index (χ3v) is 3.14. The number of nitrogens with zero attached hydrogens (tertiary/aromatic N) is 2. The third-order valence-electron chi connectivity index (χ3n) is 3.14. The van der Waals surface area contributed by atoms with Crippen LogP contribution in [0.4, 0.5) is 0 Å². The molecule has 1 amide bonds. The summed E-state index contributed by atoms with van der Waals surface area (Å²) >= 11 is 0. The van der Waals surface area contributed by atoms with Crippen LogP contribution in [-0.4, -0.2) is 28.3 Å². The number of hydrogen-bond acceptors (Lipinski definition) is 4. The minimum atomic E-state index is -0.825. The van der Waals surface area contributed by atoms with Gasteiger partial charge in [-0.3, -0.25) is 9.48 Å². The Hall–Kier alpha value is -1.85. The van der Waals surface area contributed by atoms with E-state index in [-0.39, 0.29) is 12.6 Å². The van der Waals surface area contributed by atoms with Crippen molar-refractivity contribution < 1.29 is 14.3 Å². The average Bonchev–Trinajstić information content (AvgIpc) is 2.73. The Morgan fingerprint density at radius 2 is 2.39 bits per heavy atom. The molecule has 1 heterocycles. The highest BCUT2D eigenvalue weighted by atomic mass is 16.5. The van der Waals surface area contributed by atoms with E-state index in [9.17, 15) is 9.59 Å². The van der Waals surface area contributed by atoms with E-state index in [0.29, 0.717) is 0 Å². The van der Waals surface area contributed by atoms with Crippen LogP contribution in [0.3, 0.4) is 0 Å². The van der Waals surface area contributed by atoms with Crippen molar-refractivity contribution in [2.24, 2.45) is 7.05 Å². The Bertz CT molecular complexity index is 467. The quantitative estimate of drug-likeness (QED) is 0.613. The van der Waals surface area contributed by atoms with E-state index in [1.54, 1.807) is 13.1 Å². The highest BCUT2D eigenvalue weighted by Gasteiger charge is 2.27. The predicted molar refractivity (Wildman–Crippen MR) is 63.7 cm³/mol. The summed E-state index contributed by atoms with van der Waals surface area (Å²) in [5.74, 6) is -1.51. The maximum Gasteiger partial charge on any atom is 0.396 e. The van der Waals surface area contributed by atoms with Crippen molar-refractivity contribution in [3.05, 3.63) is 17.5 Å². The summed E-state index contributed by atoms with van der Waals surface area (Å²) in [5.41, 5.74) is 2.12. The van der Waals surface area contributed by atoms with Gasteiger partial charge >= 0.3 is 11.9 Å². The monoisotopic (exact) mass is 251 g/mol. The summed E-state index contributed by atoms with van der Waals surface area (Å²) in [4.78, 5) is 22.9. The van der Waals surface area contributed by atoms with Gasteiger partial charge in [-0.2, -0.15) is 5.10 Å². The zero-order valence-electron chi connectivity index (χ0n) is 10.6. The molecule has 98 valence electrons. The Morgan fingerprint density at radius 1 is 1.61 bits per heavy atom. The van der Waals surface area contributed by atoms with Crippen LogP contribution in [0.5, 0.6) is 0 Å². The molecule has 1 aromatic rings. The minimum absolute atomic E-state index is 0.139. The SMILES string of the molecule is CCOC(=O)C(=O)NC1CCCc2c1cnn2C. The summed E-state index contributed by atoms with van der Waals surface area (Å²) in [6.45, 7) is 1.88. The topological polar surface area (TPSA) is 73.2 Å². The van der Waals surface area contributed by atoms with Gasteiger partial charge in [-0.1, -0.05) is 0 Å². The number of rotatable bonds is 2. The van der Waals surface area contributed by atoms with Gasteiger partial charge in [0.05, 0.1) is 18.8 Å². The summed E-state index contributed by atoms with van der Waals surface area (Å²) < 4.78 is 6.48. The van der Waals surface area contributed by atoms with Gasteiger partial charge in [-0.05, 0) is 26.2 Å². The summed E-state index contributed by atoms with van der Waals surface area (Å²) in [6.07, 6.45) is 4.51. The molecule has 1 unspecified atom stereocenters. The van der Waals surface area contributed by atoms with E-state index >= 15 is 0 Å². The van der Waals surface area contributed by atoms with Crippen molar-refractivity contribution in [2.45, 2.75) is 32.2 Å². The Kier molecular flexibility index (Phi) is 3.64. The molecular weight excluding hydrogens is 234 g/mol. The van der Waals surface area contributed by atoms with Crippen LogP contribution in [0.2, 0.25) is 0 Å². The minimum Gasteiger partial charge on any atom is -0.459 e. The number of aryl methyl sites for hydroxylation is 1. The fraction of sp³-hybridized carbons (Fsp3) is 0.583. The maximum atomic E-state index is 11.6. The summed E-state index contributed by atoms with van der Waals surface area (Å²) in [6, 6.07) is -0.139. The lowest BCUT2D eigenvalue weighted by atomic mass is 9.93. The van der Waals surface area contributed by atoms with Gasteiger partial charge in [0.2, 0.25) is 0 Å². The second-order valence-electron chi connectivity index (χ2n) is 4.31. The lowest BCUT2D eigenvalue weighted by Crippen LogP contribution is -2.36. The average molecular weight is 251 g/mol. The van der Waals surface area contributed by atoms with Crippen LogP contribution < -0.4 is 5.32 Å². The molecule has 1 atom stereocenters. The molecule has 6 nitrogen and oxygen atoms in total. The molecule has 1 N–H and O–H groups in total. The van der Waals surface area contributed by atoms with E-state index in [1.807, 2.05) is 11.7 Å². The molecule has 1 aliphatic rings. The van der Waals surface area contributed by atoms with Gasteiger partial charge < -0.3 is 10.1 Å². The normalized spacial score (nSPS) is 18.0. The van der Waals surface area contributed by atoms with E-state index in [2.05, 4.69) is 15.2 Å². The number of nitrogens with one attached hydrogen (secondary N) is 1. The van der Waals surface area contributed by atoms with Crippen LogP contribution in [0.15, 0.2) is 6.20 Å². The molecule has 0 spiro atoms. The Labute approximate surface area is 105 Å². The smallest absolute Gasteiger partial charge is 0.396 e. The molecule has 1 aromatic heterocycles. The Morgan fingerprint density at radius 3 is 3.11 bits per heavy atom. The van der Waals surface area contributed by atoms with Crippen molar-refractivity contribution in [3.8, 4) is 0 Å². The van der Waals surface area contributed by atoms with E-state index in [0.717, 1.165) is 30.5 Å². The van der Waals surface area contributed by atoms with Gasteiger partial charge in [-0.15, -0.1) is 0 Å². The number of fused-ring (bicyclic) bond motifs is 1. The first-order valence-corrected chi connectivity index (χ1v) is 6.12. The molecule has 0 bridgehead atoms. The van der Waals surface area contributed by atoms with Crippen molar-refractivity contribution in [2.75, 3.05) is 6.61 Å². The number of carbonyl (C=O) groups excluding carboxylic acids is 2. The zero-order valence-corrected chi connectivity index (χ0v) is 10.6. The Balaban J connectivity index is 2.07. The lowest BCUT2D eigenvalue weighted by molar-refractivity contribution is -0.154. The highest BCUT2D eigenvalue weighted by molar-refractivity contribution is 6.32. The molecule has 0 fully saturated rings. The first-order chi connectivity index (χ1) is 8.63. The largest absolute Gasteiger partial charge is 0.459 e. The van der Waals surface area contributed by atoms with Crippen LogP contribution in [0.1, 0.15) is 37.1 Å². The number of aromatic nitrogens is 2. The van der Waals surface area contributed by atoms with Crippen LogP contribution in [-0.2, 0) is 27.8 Å². The van der Waals surface area contributed by atoms with Crippen molar-refractivity contribution in [1.29, 1.82) is 0 Å². The van der Waals surface area contributed by atoms with Gasteiger partial charge in [0.15, 0.2) is 0 Å². The zero-order chi connectivity index (χ0) is 13.1. The number of carbonyl (C=O) groups is 2. The summed E-state index contributed by atoms with van der Waals surface area (Å²) in [7, 11) is 1.88. The fourth-order valence-electron chi connectivity index (χ4n) is 2.27. The molecule has 0 saturated heterocycles. The first kappa shape index (κ1) is 12.6. The molecule has 0 saturated carbocycles. The lowest BCUT2D eigenvalue weighted by Gasteiger charge is -2.23. The van der Waals surface area contributed by atoms with Gasteiger partial charge in [0, 0.05) is 18.3 Å². The van der Waals surface area contributed by atoms with Gasteiger partial charge in [0.25, 0.3) is 0 Å². The molecule has 0 aromatic carbocycles. The maximum absolute atomic E-state index is 11.6. The number of esters is 1. The molecule has 0 radical (unpaired) electrons. The van der Waals surface area contributed by atoms with Crippen LogP contribution >= 0.6 is 0 Å². The van der Waals surface area contributed by atoms with Crippen molar-refractivity contribution in [1.82, 2.24) is 15.1 Å². The molecule has 0 aliphatic heterocycles. The van der Waals surface area contributed by atoms with E-state index < -0.39 is 11.9 Å². The first-order valence-electron chi connectivity index (χ1n) is 6.12. The molecule has 2 rings (SSSR count). The van der Waals surface area contributed by atoms with Crippen LogP contribution in [0, 0.1) is 0 Å². The van der Waals surface area contributed by atoms with Crippen molar-refractivity contribution >= 4 is 11.9 Å².